The molecule has 0 fully saturated rings. The number of hydrogen-bond donors (Lipinski definition) is 2. The largest absolute Gasteiger partial charge is 0.498 e. The molecule has 0 saturated heterocycles. The van der Waals surface area contributed by atoms with Crippen LogP contribution in [0.5, 0.6) is 0 Å². The van der Waals surface area contributed by atoms with Crippen molar-refractivity contribution < 1.29 is 32.8 Å². The lowest BCUT2D eigenvalue weighted by atomic mass is 10.0. The zero-order valence-electron chi connectivity index (χ0n) is 30.1. The van der Waals surface area contributed by atoms with Crippen LogP contribution in [0.15, 0.2) is 12.3 Å². The van der Waals surface area contributed by atoms with Gasteiger partial charge in [-0.2, -0.15) is 0 Å². The van der Waals surface area contributed by atoms with Crippen molar-refractivity contribution in [3.05, 3.63) is 12.3 Å². The van der Waals surface area contributed by atoms with Crippen molar-refractivity contribution in [3.63, 3.8) is 0 Å². The summed E-state index contributed by atoms with van der Waals surface area (Å²) >= 11 is 0. The molecule has 0 saturated carbocycles. The van der Waals surface area contributed by atoms with Crippen molar-refractivity contribution in [2.24, 2.45) is 5.73 Å². The molecule has 0 aliphatic heterocycles. The van der Waals surface area contributed by atoms with Crippen LogP contribution in [-0.2, 0) is 27.9 Å². The van der Waals surface area contributed by atoms with E-state index in [-0.39, 0.29) is 32.3 Å². The Kier molecular flexibility index (Phi) is 34.7. The zero-order valence-corrected chi connectivity index (χ0v) is 31.0. The van der Waals surface area contributed by atoms with Crippen LogP contribution in [0.1, 0.15) is 187 Å². The fraction of sp³-hybridized carbons (Fsp3) is 0.919. The van der Waals surface area contributed by atoms with Crippen LogP contribution in [0.3, 0.4) is 0 Å². The second kappa shape index (κ2) is 35.4. The van der Waals surface area contributed by atoms with E-state index < -0.39 is 13.9 Å². The van der Waals surface area contributed by atoms with Gasteiger partial charge < -0.3 is 20.1 Å². The molecule has 8 nitrogen and oxygen atoms in total. The summed E-state index contributed by atoms with van der Waals surface area (Å²) in [7, 11) is -4.28. The maximum atomic E-state index is 12.5. The highest BCUT2D eigenvalue weighted by Gasteiger charge is 2.25. The second-order valence-electron chi connectivity index (χ2n) is 12.9. The summed E-state index contributed by atoms with van der Waals surface area (Å²) in [4.78, 5) is 22.3. The standard InChI is InChI=1S/C37H74NO7P/c1-3-5-7-9-11-13-15-16-17-18-19-21-23-25-27-29-32-42-34-36(35-44-46(40,41)43-33-31-38)45-37(39)30-28-26-24-22-20-14-12-10-8-6-4-2/h29,32,36H,3-28,30-31,33-35,38H2,1-2H3,(H,40,41)/b32-29-/t36-/m1/s1. The first-order chi connectivity index (χ1) is 22.4. The number of phosphoric acid groups is 1. The molecule has 0 aliphatic carbocycles. The molecule has 0 heterocycles. The minimum absolute atomic E-state index is 0.0378. The molecular formula is C37H74NO7P. The lowest BCUT2D eigenvalue weighted by Crippen LogP contribution is -2.27. The van der Waals surface area contributed by atoms with Gasteiger partial charge in [0, 0.05) is 13.0 Å². The fourth-order valence-electron chi connectivity index (χ4n) is 5.43. The number of carbonyl (C=O) groups excluding carboxylic acids is 1. The Hall–Kier alpha value is -0.920. The number of ether oxygens (including phenoxy) is 2. The van der Waals surface area contributed by atoms with E-state index >= 15 is 0 Å². The maximum Gasteiger partial charge on any atom is 0.472 e. The van der Waals surface area contributed by atoms with E-state index in [0.717, 1.165) is 32.1 Å². The van der Waals surface area contributed by atoms with Crippen molar-refractivity contribution in [2.45, 2.75) is 193 Å². The number of phosphoric ester groups is 1. The molecule has 0 rings (SSSR count). The first-order valence-electron chi connectivity index (χ1n) is 19.2. The predicted molar refractivity (Wildman–Crippen MR) is 192 cm³/mol. The van der Waals surface area contributed by atoms with E-state index in [1.807, 2.05) is 6.08 Å². The summed E-state index contributed by atoms with van der Waals surface area (Å²) < 4.78 is 33.0. The molecule has 0 radical (unpaired) electrons. The summed E-state index contributed by atoms with van der Waals surface area (Å²) in [5.74, 6) is -0.352. The lowest BCUT2D eigenvalue weighted by Gasteiger charge is -2.19. The van der Waals surface area contributed by atoms with E-state index in [2.05, 4.69) is 13.8 Å². The number of unbranched alkanes of at least 4 members (excludes halogenated alkanes) is 24. The van der Waals surface area contributed by atoms with Crippen molar-refractivity contribution in [3.8, 4) is 0 Å². The summed E-state index contributed by atoms with van der Waals surface area (Å²) in [6.07, 6.45) is 36.0. The van der Waals surface area contributed by atoms with E-state index in [9.17, 15) is 14.3 Å². The second-order valence-corrected chi connectivity index (χ2v) is 14.3. The van der Waals surface area contributed by atoms with Gasteiger partial charge >= 0.3 is 13.8 Å². The number of carbonyl (C=O) groups is 1. The molecule has 2 atom stereocenters. The van der Waals surface area contributed by atoms with Crippen LogP contribution in [0.4, 0.5) is 0 Å². The molecule has 3 N–H and O–H groups in total. The SMILES string of the molecule is CCCCCCCCCCCCCCCC/C=C\OC[C@H](COP(=O)(O)OCCN)OC(=O)CCCCCCCCCCCCC. The third-order valence-corrected chi connectivity index (χ3v) is 9.26. The Labute approximate surface area is 283 Å². The van der Waals surface area contributed by atoms with E-state index in [0.29, 0.717) is 6.42 Å². The van der Waals surface area contributed by atoms with Crippen molar-refractivity contribution in [1.29, 1.82) is 0 Å². The molecule has 0 amide bonds. The summed E-state index contributed by atoms with van der Waals surface area (Å²) in [5.41, 5.74) is 5.34. The molecule has 0 spiro atoms. The maximum absolute atomic E-state index is 12.5. The first kappa shape index (κ1) is 45.1. The van der Waals surface area contributed by atoms with Gasteiger partial charge in [-0.25, -0.2) is 4.57 Å². The van der Waals surface area contributed by atoms with Crippen LogP contribution in [0.2, 0.25) is 0 Å². The van der Waals surface area contributed by atoms with Crippen LogP contribution in [-0.4, -0.2) is 43.3 Å². The average molecular weight is 676 g/mol. The van der Waals surface area contributed by atoms with Crippen molar-refractivity contribution >= 4 is 13.8 Å². The number of nitrogens with two attached hydrogens (primary N) is 1. The number of hydrogen-bond acceptors (Lipinski definition) is 7. The fourth-order valence-corrected chi connectivity index (χ4v) is 6.20. The van der Waals surface area contributed by atoms with E-state index in [1.165, 1.54) is 135 Å². The summed E-state index contributed by atoms with van der Waals surface area (Å²) in [6.45, 7) is 4.25. The summed E-state index contributed by atoms with van der Waals surface area (Å²) in [5, 5.41) is 0. The van der Waals surface area contributed by atoms with Gasteiger partial charge in [-0.1, -0.05) is 162 Å². The van der Waals surface area contributed by atoms with Gasteiger partial charge in [0.25, 0.3) is 0 Å². The van der Waals surface area contributed by atoms with Crippen LogP contribution < -0.4 is 5.73 Å². The normalized spacial score (nSPS) is 13.7. The summed E-state index contributed by atoms with van der Waals surface area (Å²) in [6, 6.07) is 0. The topological polar surface area (TPSA) is 117 Å². The highest BCUT2D eigenvalue weighted by Crippen LogP contribution is 2.43. The molecule has 274 valence electrons. The van der Waals surface area contributed by atoms with Crippen molar-refractivity contribution in [2.75, 3.05) is 26.4 Å². The zero-order chi connectivity index (χ0) is 33.8. The number of rotatable bonds is 37. The third kappa shape index (κ3) is 34.4. The van der Waals surface area contributed by atoms with Crippen LogP contribution >= 0.6 is 7.82 Å². The third-order valence-electron chi connectivity index (χ3n) is 8.28. The van der Waals surface area contributed by atoms with Gasteiger partial charge in [0.15, 0.2) is 6.10 Å². The van der Waals surface area contributed by atoms with Gasteiger partial charge in [0.1, 0.15) is 6.61 Å². The molecule has 0 aromatic carbocycles. The quantitative estimate of drug-likeness (QED) is 0.0289. The molecule has 0 aromatic heterocycles. The Morgan fingerprint density at radius 1 is 0.652 bits per heavy atom. The highest BCUT2D eigenvalue weighted by atomic mass is 31.2. The van der Waals surface area contributed by atoms with Gasteiger partial charge in [-0.3, -0.25) is 13.8 Å². The van der Waals surface area contributed by atoms with Crippen LogP contribution in [0.25, 0.3) is 0 Å². The molecule has 0 aliphatic rings. The Morgan fingerprint density at radius 2 is 1.09 bits per heavy atom. The lowest BCUT2D eigenvalue weighted by molar-refractivity contribution is -0.153. The van der Waals surface area contributed by atoms with E-state index in [4.69, 9.17) is 24.3 Å². The predicted octanol–water partition coefficient (Wildman–Crippen LogP) is 11.1. The van der Waals surface area contributed by atoms with Crippen LogP contribution in [0, 0.1) is 0 Å². The van der Waals surface area contributed by atoms with Crippen molar-refractivity contribution in [1.82, 2.24) is 0 Å². The molecule has 0 aromatic rings. The van der Waals surface area contributed by atoms with E-state index in [1.54, 1.807) is 6.26 Å². The molecule has 46 heavy (non-hydrogen) atoms. The Balaban J connectivity index is 4.09. The van der Waals surface area contributed by atoms with Gasteiger partial charge in [0.2, 0.25) is 0 Å². The monoisotopic (exact) mass is 676 g/mol. The molecular weight excluding hydrogens is 601 g/mol. The minimum Gasteiger partial charge on any atom is -0.498 e. The average Bonchev–Trinajstić information content (AvgIpc) is 3.04. The smallest absolute Gasteiger partial charge is 0.472 e. The van der Waals surface area contributed by atoms with Gasteiger partial charge in [-0.05, 0) is 25.3 Å². The minimum atomic E-state index is -4.28. The van der Waals surface area contributed by atoms with Gasteiger partial charge in [0.05, 0.1) is 19.5 Å². The number of allylic oxidation sites excluding steroid dienone is 1. The highest BCUT2D eigenvalue weighted by molar-refractivity contribution is 7.47. The van der Waals surface area contributed by atoms with Gasteiger partial charge in [-0.15, -0.1) is 0 Å². The molecule has 1 unspecified atom stereocenters. The molecule has 0 bridgehead atoms. The Bertz CT molecular complexity index is 722. The molecule has 9 heteroatoms. The first-order valence-corrected chi connectivity index (χ1v) is 20.7. The Morgan fingerprint density at radius 3 is 1.54 bits per heavy atom. The number of esters is 1.